The van der Waals surface area contributed by atoms with Gasteiger partial charge in [-0.05, 0) is 43.5 Å². The lowest BCUT2D eigenvalue weighted by molar-refractivity contribution is -0.00999. The van der Waals surface area contributed by atoms with E-state index in [0.717, 1.165) is 11.3 Å². The van der Waals surface area contributed by atoms with E-state index < -0.39 is 6.10 Å². The minimum atomic E-state index is -0.450. The molecular formula is C19H29NO2. The largest absolute Gasteiger partial charge is 0.491 e. The summed E-state index contributed by atoms with van der Waals surface area (Å²) in [5.41, 5.74) is 2.23. The van der Waals surface area contributed by atoms with E-state index in [2.05, 4.69) is 37.9 Å². The Bertz CT molecular complexity index is 508. The molecule has 1 fully saturated rings. The van der Waals surface area contributed by atoms with Gasteiger partial charge in [-0.3, -0.25) is 4.90 Å². The predicted octanol–water partition coefficient (Wildman–Crippen LogP) is 3.87. The second-order valence-electron chi connectivity index (χ2n) is 7.23. The quantitative estimate of drug-likeness (QED) is 0.920. The highest BCUT2D eigenvalue weighted by atomic mass is 16.5. The summed E-state index contributed by atoms with van der Waals surface area (Å²) in [6, 6.07) is 6.92. The first-order valence-corrected chi connectivity index (χ1v) is 8.74. The number of ether oxygens (including phenoxy) is 1. The van der Waals surface area contributed by atoms with Crippen LogP contribution in [-0.4, -0.2) is 35.7 Å². The molecule has 1 aromatic carbocycles. The topological polar surface area (TPSA) is 32.7 Å². The van der Waals surface area contributed by atoms with Crippen LogP contribution in [0.5, 0.6) is 5.75 Å². The standard InChI is InChI=1S/C19H29NO2/c1-13(2)14-9-10-18-16(11-14)19(21)17(12-22-18)20(3)15-7-5-4-6-8-15/h9-11,13,15,17,19,21H,4-8,12H2,1-3H3. The van der Waals surface area contributed by atoms with Crippen LogP contribution in [0.2, 0.25) is 0 Å². The number of hydrogen-bond acceptors (Lipinski definition) is 3. The van der Waals surface area contributed by atoms with E-state index in [1.807, 2.05) is 6.07 Å². The van der Waals surface area contributed by atoms with Gasteiger partial charge in [0.15, 0.2) is 0 Å². The van der Waals surface area contributed by atoms with E-state index in [1.54, 1.807) is 0 Å². The highest BCUT2D eigenvalue weighted by molar-refractivity contribution is 5.42. The summed E-state index contributed by atoms with van der Waals surface area (Å²) in [5.74, 6) is 1.32. The van der Waals surface area contributed by atoms with Gasteiger partial charge in [-0.15, -0.1) is 0 Å². The molecule has 2 unspecified atom stereocenters. The fraction of sp³-hybridized carbons (Fsp3) is 0.684. The molecule has 122 valence electrons. The van der Waals surface area contributed by atoms with Gasteiger partial charge in [0.1, 0.15) is 18.5 Å². The summed E-state index contributed by atoms with van der Waals surface area (Å²) >= 11 is 0. The van der Waals surface area contributed by atoms with Crippen LogP contribution < -0.4 is 4.74 Å². The number of hydrogen-bond donors (Lipinski definition) is 1. The summed E-state index contributed by atoms with van der Waals surface area (Å²) in [5, 5.41) is 10.9. The molecule has 0 spiro atoms. The number of nitrogens with zero attached hydrogens (tertiary/aromatic N) is 1. The first-order chi connectivity index (χ1) is 10.6. The maximum atomic E-state index is 10.9. The van der Waals surface area contributed by atoms with Crippen LogP contribution in [0.15, 0.2) is 18.2 Å². The van der Waals surface area contributed by atoms with Gasteiger partial charge in [0.2, 0.25) is 0 Å². The number of aliphatic hydroxyl groups excluding tert-OH is 1. The third kappa shape index (κ3) is 3.02. The average Bonchev–Trinajstić information content (AvgIpc) is 2.55. The maximum Gasteiger partial charge on any atom is 0.125 e. The lowest BCUT2D eigenvalue weighted by Crippen LogP contribution is -2.49. The first-order valence-electron chi connectivity index (χ1n) is 8.74. The zero-order valence-corrected chi connectivity index (χ0v) is 14.1. The summed E-state index contributed by atoms with van der Waals surface area (Å²) in [4.78, 5) is 2.37. The maximum absolute atomic E-state index is 10.9. The van der Waals surface area contributed by atoms with Crippen molar-refractivity contribution in [2.75, 3.05) is 13.7 Å². The van der Waals surface area contributed by atoms with Gasteiger partial charge in [0.05, 0.1) is 6.04 Å². The van der Waals surface area contributed by atoms with Crippen LogP contribution in [0, 0.1) is 0 Å². The van der Waals surface area contributed by atoms with Crippen molar-refractivity contribution in [1.82, 2.24) is 4.90 Å². The zero-order chi connectivity index (χ0) is 15.7. The SMILES string of the molecule is CC(C)c1ccc2c(c1)C(O)C(N(C)C1CCCCC1)CO2. The molecule has 22 heavy (non-hydrogen) atoms. The van der Waals surface area contributed by atoms with Crippen LogP contribution >= 0.6 is 0 Å². The Kier molecular flexibility index (Phi) is 4.74. The van der Waals surface area contributed by atoms with Crippen molar-refractivity contribution in [1.29, 1.82) is 0 Å². The Morgan fingerprint density at radius 3 is 2.59 bits per heavy atom. The Morgan fingerprint density at radius 2 is 1.91 bits per heavy atom. The zero-order valence-electron chi connectivity index (χ0n) is 14.1. The second kappa shape index (κ2) is 6.59. The third-order valence-corrected chi connectivity index (χ3v) is 5.47. The molecule has 1 saturated carbocycles. The molecule has 1 heterocycles. The van der Waals surface area contributed by atoms with Crippen LogP contribution in [0.1, 0.15) is 69.1 Å². The Labute approximate surface area is 134 Å². The molecule has 2 atom stereocenters. The Balaban J connectivity index is 1.80. The van der Waals surface area contributed by atoms with Gasteiger partial charge < -0.3 is 9.84 Å². The number of likely N-dealkylation sites (N-methyl/N-ethyl adjacent to an activating group) is 1. The highest BCUT2D eigenvalue weighted by Gasteiger charge is 2.35. The fourth-order valence-corrected chi connectivity index (χ4v) is 3.86. The molecule has 3 heteroatoms. The van der Waals surface area contributed by atoms with Gasteiger partial charge in [0.25, 0.3) is 0 Å². The molecule has 1 aromatic rings. The van der Waals surface area contributed by atoms with Crippen LogP contribution in [0.3, 0.4) is 0 Å². The number of fused-ring (bicyclic) bond motifs is 1. The number of rotatable bonds is 3. The van der Waals surface area contributed by atoms with Gasteiger partial charge in [0, 0.05) is 11.6 Å². The molecule has 3 rings (SSSR count). The molecule has 1 aliphatic heterocycles. The summed E-state index contributed by atoms with van der Waals surface area (Å²) in [6.45, 7) is 4.95. The van der Waals surface area contributed by atoms with Crippen molar-refractivity contribution in [3.63, 3.8) is 0 Å². The lowest BCUT2D eigenvalue weighted by Gasteiger charge is -2.41. The van der Waals surface area contributed by atoms with Crippen molar-refractivity contribution in [2.24, 2.45) is 0 Å². The van der Waals surface area contributed by atoms with E-state index in [-0.39, 0.29) is 6.04 Å². The monoisotopic (exact) mass is 303 g/mol. The van der Waals surface area contributed by atoms with Crippen molar-refractivity contribution >= 4 is 0 Å². The van der Waals surface area contributed by atoms with E-state index in [1.165, 1.54) is 37.7 Å². The van der Waals surface area contributed by atoms with E-state index in [4.69, 9.17) is 4.74 Å². The van der Waals surface area contributed by atoms with Crippen molar-refractivity contribution in [3.05, 3.63) is 29.3 Å². The van der Waals surface area contributed by atoms with Crippen LogP contribution in [-0.2, 0) is 0 Å². The third-order valence-electron chi connectivity index (χ3n) is 5.47. The van der Waals surface area contributed by atoms with Gasteiger partial charge in [-0.1, -0.05) is 39.2 Å². The van der Waals surface area contributed by atoms with Crippen molar-refractivity contribution < 1.29 is 9.84 Å². The van der Waals surface area contributed by atoms with Crippen molar-refractivity contribution in [3.8, 4) is 5.75 Å². The van der Waals surface area contributed by atoms with Crippen molar-refractivity contribution in [2.45, 2.75) is 70.1 Å². The minimum absolute atomic E-state index is 0.0676. The predicted molar refractivity (Wildman–Crippen MR) is 89.4 cm³/mol. The fourth-order valence-electron chi connectivity index (χ4n) is 3.86. The molecule has 1 aliphatic carbocycles. The molecule has 0 radical (unpaired) electrons. The van der Waals surface area contributed by atoms with Gasteiger partial charge in [-0.2, -0.15) is 0 Å². The molecular weight excluding hydrogens is 274 g/mol. The molecule has 3 nitrogen and oxygen atoms in total. The van der Waals surface area contributed by atoms with E-state index in [0.29, 0.717) is 18.6 Å². The molecule has 0 saturated heterocycles. The highest BCUT2D eigenvalue weighted by Crippen LogP contribution is 2.37. The molecule has 0 amide bonds. The van der Waals surface area contributed by atoms with E-state index in [9.17, 15) is 5.11 Å². The second-order valence-corrected chi connectivity index (χ2v) is 7.23. The van der Waals surface area contributed by atoms with Crippen LogP contribution in [0.25, 0.3) is 0 Å². The van der Waals surface area contributed by atoms with Gasteiger partial charge >= 0.3 is 0 Å². The van der Waals surface area contributed by atoms with E-state index >= 15 is 0 Å². The molecule has 2 aliphatic rings. The smallest absolute Gasteiger partial charge is 0.125 e. The van der Waals surface area contributed by atoms with Gasteiger partial charge in [-0.25, -0.2) is 0 Å². The summed E-state index contributed by atoms with van der Waals surface area (Å²) < 4.78 is 5.95. The first kappa shape index (κ1) is 15.8. The Morgan fingerprint density at radius 1 is 1.18 bits per heavy atom. The van der Waals surface area contributed by atoms with Crippen LogP contribution in [0.4, 0.5) is 0 Å². The molecule has 0 aromatic heterocycles. The minimum Gasteiger partial charge on any atom is -0.491 e. The summed E-state index contributed by atoms with van der Waals surface area (Å²) in [7, 11) is 2.16. The number of benzene rings is 1. The summed E-state index contributed by atoms with van der Waals surface area (Å²) in [6.07, 6.45) is 6.03. The average molecular weight is 303 g/mol. The molecule has 1 N–H and O–H groups in total. The Hall–Kier alpha value is -1.06. The molecule has 0 bridgehead atoms. The normalized spacial score (nSPS) is 26.1. The number of aliphatic hydroxyl groups is 1. The lowest BCUT2D eigenvalue weighted by atomic mass is 9.90.